The highest BCUT2D eigenvalue weighted by molar-refractivity contribution is 6.02. The summed E-state index contributed by atoms with van der Waals surface area (Å²) >= 11 is 0. The Morgan fingerprint density at radius 2 is 1.18 bits per heavy atom. The molecule has 0 nitrogen and oxygen atoms in total. The van der Waals surface area contributed by atoms with Crippen LogP contribution >= 0.6 is 0 Å². The van der Waals surface area contributed by atoms with Gasteiger partial charge in [0.2, 0.25) is 0 Å². The topological polar surface area (TPSA) is 0 Å². The Kier molecular flexibility index (Phi) is 2.29. The summed E-state index contributed by atoms with van der Waals surface area (Å²) < 4.78 is 26.5. The van der Waals surface area contributed by atoms with E-state index in [1.54, 1.807) is 24.3 Å². The molecule has 0 spiro atoms. The normalized spacial score (nSPS) is 11.5. The molecule has 0 unspecified atom stereocenters. The van der Waals surface area contributed by atoms with Crippen molar-refractivity contribution in [2.75, 3.05) is 0 Å². The molecule has 2 heteroatoms. The molecule has 3 aromatic rings. The maximum atomic E-state index is 13.2. The number of fused-ring (bicyclic) bond motifs is 2. The SMILES string of the molecule is FC(F)c1c2ccccc2cc2ccccc12. The first kappa shape index (κ1) is 10.2. The van der Waals surface area contributed by atoms with Crippen molar-refractivity contribution >= 4 is 21.5 Å². The molecule has 3 aromatic carbocycles. The van der Waals surface area contributed by atoms with Gasteiger partial charge in [0.05, 0.1) is 0 Å². The van der Waals surface area contributed by atoms with Gasteiger partial charge in [0.25, 0.3) is 6.43 Å². The molecule has 84 valence electrons. The molecule has 0 aromatic heterocycles. The van der Waals surface area contributed by atoms with Crippen LogP contribution in [0, 0.1) is 0 Å². The maximum absolute atomic E-state index is 13.2. The Hall–Kier alpha value is -1.96. The third-order valence-electron chi connectivity index (χ3n) is 3.03. The van der Waals surface area contributed by atoms with Gasteiger partial charge in [-0.1, -0.05) is 48.5 Å². The Bertz CT molecular complexity index is 633. The van der Waals surface area contributed by atoms with E-state index in [1.807, 2.05) is 30.3 Å². The molecule has 0 fully saturated rings. The summed E-state index contributed by atoms with van der Waals surface area (Å²) in [6.07, 6.45) is -2.45. The van der Waals surface area contributed by atoms with E-state index in [0.29, 0.717) is 10.8 Å². The predicted octanol–water partition coefficient (Wildman–Crippen LogP) is 4.93. The fraction of sp³-hybridized carbons (Fsp3) is 0.0667. The summed E-state index contributed by atoms with van der Waals surface area (Å²) in [5.41, 5.74) is 0.138. The van der Waals surface area contributed by atoms with Crippen molar-refractivity contribution in [1.82, 2.24) is 0 Å². The van der Waals surface area contributed by atoms with Gasteiger partial charge in [-0.3, -0.25) is 0 Å². The third kappa shape index (κ3) is 1.57. The fourth-order valence-corrected chi connectivity index (χ4v) is 2.28. The van der Waals surface area contributed by atoms with Crippen molar-refractivity contribution < 1.29 is 8.78 Å². The second-order valence-corrected chi connectivity index (χ2v) is 4.03. The van der Waals surface area contributed by atoms with Crippen molar-refractivity contribution in [2.24, 2.45) is 0 Å². The van der Waals surface area contributed by atoms with Crippen LogP contribution in [0.3, 0.4) is 0 Å². The van der Waals surface area contributed by atoms with E-state index in [4.69, 9.17) is 0 Å². The smallest absolute Gasteiger partial charge is 0.205 e. The Labute approximate surface area is 97.5 Å². The molecular weight excluding hydrogens is 218 g/mol. The summed E-state index contributed by atoms with van der Waals surface area (Å²) in [5.74, 6) is 0. The van der Waals surface area contributed by atoms with Gasteiger partial charge in [-0.2, -0.15) is 0 Å². The van der Waals surface area contributed by atoms with Crippen LogP contribution in [0.15, 0.2) is 54.6 Å². The van der Waals surface area contributed by atoms with E-state index in [2.05, 4.69) is 0 Å². The zero-order valence-electron chi connectivity index (χ0n) is 9.03. The molecule has 0 heterocycles. The van der Waals surface area contributed by atoms with Gasteiger partial charge in [0.1, 0.15) is 0 Å². The van der Waals surface area contributed by atoms with Crippen LogP contribution in [-0.4, -0.2) is 0 Å². The highest BCUT2D eigenvalue weighted by atomic mass is 19.3. The van der Waals surface area contributed by atoms with Gasteiger partial charge in [-0.15, -0.1) is 0 Å². The monoisotopic (exact) mass is 228 g/mol. The maximum Gasteiger partial charge on any atom is 0.265 e. The minimum Gasteiger partial charge on any atom is -0.205 e. The van der Waals surface area contributed by atoms with Crippen LogP contribution in [0.4, 0.5) is 8.78 Å². The number of rotatable bonds is 1. The molecular formula is C15H10F2. The van der Waals surface area contributed by atoms with Crippen LogP contribution in [-0.2, 0) is 0 Å². The van der Waals surface area contributed by atoms with Gasteiger partial charge >= 0.3 is 0 Å². The standard InChI is InChI=1S/C15H10F2/c16-15(17)14-12-7-3-1-5-10(12)9-11-6-2-4-8-13(11)14/h1-9,15H. The second kappa shape index (κ2) is 3.81. The number of benzene rings is 3. The lowest BCUT2D eigenvalue weighted by atomic mass is 9.97. The first-order valence-corrected chi connectivity index (χ1v) is 5.46. The molecule has 17 heavy (non-hydrogen) atoms. The van der Waals surface area contributed by atoms with Crippen molar-refractivity contribution in [3.63, 3.8) is 0 Å². The van der Waals surface area contributed by atoms with Crippen molar-refractivity contribution in [3.05, 3.63) is 60.2 Å². The van der Waals surface area contributed by atoms with E-state index in [1.165, 1.54) is 0 Å². The number of hydrogen-bond donors (Lipinski definition) is 0. The van der Waals surface area contributed by atoms with Crippen LogP contribution < -0.4 is 0 Å². The van der Waals surface area contributed by atoms with Crippen molar-refractivity contribution in [1.29, 1.82) is 0 Å². The minimum atomic E-state index is -2.45. The van der Waals surface area contributed by atoms with E-state index < -0.39 is 6.43 Å². The Morgan fingerprint density at radius 3 is 1.65 bits per heavy atom. The second-order valence-electron chi connectivity index (χ2n) is 4.03. The van der Waals surface area contributed by atoms with Gasteiger partial charge in [-0.25, -0.2) is 8.78 Å². The molecule has 0 saturated heterocycles. The molecule has 3 rings (SSSR count). The quantitative estimate of drug-likeness (QED) is 0.518. The lowest BCUT2D eigenvalue weighted by molar-refractivity contribution is 0.155. The Morgan fingerprint density at radius 1 is 0.706 bits per heavy atom. The van der Waals surface area contributed by atoms with Gasteiger partial charge < -0.3 is 0 Å². The average Bonchev–Trinajstić information content (AvgIpc) is 2.35. The summed E-state index contributed by atoms with van der Waals surface area (Å²) in [6.45, 7) is 0. The molecule has 0 aliphatic carbocycles. The van der Waals surface area contributed by atoms with Crippen LogP contribution in [0.2, 0.25) is 0 Å². The minimum absolute atomic E-state index is 0.138. The first-order valence-electron chi connectivity index (χ1n) is 5.46. The zero-order valence-corrected chi connectivity index (χ0v) is 9.03. The fourth-order valence-electron chi connectivity index (χ4n) is 2.28. The predicted molar refractivity (Wildman–Crippen MR) is 66.4 cm³/mol. The molecule has 0 aliphatic rings. The summed E-state index contributed by atoms with van der Waals surface area (Å²) in [4.78, 5) is 0. The Balaban J connectivity index is 2.56. The van der Waals surface area contributed by atoms with E-state index >= 15 is 0 Å². The molecule has 0 aliphatic heterocycles. The molecule has 0 amide bonds. The molecule has 0 atom stereocenters. The van der Waals surface area contributed by atoms with E-state index in [0.717, 1.165) is 10.8 Å². The third-order valence-corrected chi connectivity index (χ3v) is 3.03. The lowest BCUT2D eigenvalue weighted by Gasteiger charge is -2.10. The molecule has 0 saturated carbocycles. The summed E-state index contributed by atoms with van der Waals surface area (Å²) in [6, 6.07) is 16.5. The van der Waals surface area contributed by atoms with Gasteiger partial charge in [-0.05, 0) is 27.6 Å². The van der Waals surface area contributed by atoms with Gasteiger partial charge in [0, 0.05) is 5.56 Å². The van der Waals surface area contributed by atoms with Crippen molar-refractivity contribution in [2.45, 2.75) is 6.43 Å². The van der Waals surface area contributed by atoms with E-state index in [9.17, 15) is 8.78 Å². The largest absolute Gasteiger partial charge is 0.265 e. The summed E-state index contributed by atoms with van der Waals surface area (Å²) in [7, 11) is 0. The van der Waals surface area contributed by atoms with Crippen LogP contribution in [0.1, 0.15) is 12.0 Å². The number of halogens is 2. The molecule has 0 bridgehead atoms. The zero-order chi connectivity index (χ0) is 11.8. The van der Waals surface area contributed by atoms with Crippen LogP contribution in [0.5, 0.6) is 0 Å². The number of alkyl halides is 2. The highest BCUT2D eigenvalue weighted by Crippen LogP contribution is 2.34. The lowest BCUT2D eigenvalue weighted by Crippen LogP contribution is -1.89. The average molecular weight is 228 g/mol. The van der Waals surface area contributed by atoms with Gasteiger partial charge in [0.15, 0.2) is 0 Å². The van der Waals surface area contributed by atoms with Crippen LogP contribution in [0.25, 0.3) is 21.5 Å². The molecule has 0 N–H and O–H groups in total. The highest BCUT2D eigenvalue weighted by Gasteiger charge is 2.15. The summed E-state index contributed by atoms with van der Waals surface area (Å²) in [5, 5.41) is 3.01. The first-order chi connectivity index (χ1) is 8.27. The van der Waals surface area contributed by atoms with E-state index in [-0.39, 0.29) is 5.56 Å². The van der Waals surface area contributed by atoms with Crippen molar-refractivity contribution in [3.8, 4) is 0 Å². The molecule has 0 radical (unpaired) electrons. The number of hydrogen-bond acceptors (Lipinski definition) is 0.